The fraction of sp³-hybridized carbons (Fsp3) is 1.00. The second kappa shape index (κ2) is 8.10. The molecule has 0 heterocycles. The van der Waals surface area contributed by atoms with Crippen LogP contribution in [0.1, 0.15) is 61.3 Å². The smallest absolute Gasteiger partial charge is 0.0128 e. The van der Waals surface area contributed by atoms with E-state index in [0.29, 0.717) is 17.5 Å². The molecule has 0 radical (unpaired) electrons. The SMILES string of the molecule is CCCNC(CCN(CC)C(C)C)C(C)(C)C. The Bertz CT molecular complexity index is 182. The Balaban J connectivity index is 4.24. The van der Waals surface area contributed by atoms with Crippen molar-refractivity contribution in [3.63, 3.8) is 0 Å². The van der Waals surface area contributed by atoms with Crippen molar-refractivity contribution in [2.45, 2.75) is 73.4 Å². The maximum Gasteiger partial charge on any atom is 0.0128 e. The summed E-state index contributed by atoms with van der Waals surface area (Å²) in [6, 6.07) is 1.28. The zero-order chi connectivity index (χ0) is 13.5. The van der Waals surface area contributed by atoms with Crippen LogP contribution in [0.15, 0.2) is 0 Å². The Morgan fingerprint density at radius 2 is 1.71 bits per heavy atom. The normalized spacial score (nSPS) is 14.6. The molecule has 0 saturated heterocycles. The van der Waals surface area contributed by atoms with Crippen LogP contribution in [0.4, 0.5) is 0 Å². The van der Waals surface area contributed by atoms with Gasteiger partial charge in [-0.2, -0.15) is 0 Å². The standard InChI is InChI=1S/C15H34N2/c1-8-11-16-14(15(5,6)7)10-12-17(9-2)13(3)4/h13-14,16H,8-12H2,1-7H3. The lowest BCUT2D eigenvalue weighted by Gasteiger charge is -2.34. The third-order valence-electron chi connectivity index (χ3n) is 3.53. The van der Waals surface area contributed by atoms with Crippen LogP contribution in [0.5, 0.6) is 0 Å². The predicted octanol–water partition coefficient (Wildman–Crippen LogP) is 3.52. The maximum absolute atomic E-state index is 3.70. The molecule has 0 saturated carbocycles. The van der Waals surface area contributed by atoms with E-state index in [1.165, 1.54) is 19.4 Å². The van der Waals surface area contributed by atoms with Crippen LogP contribution in [0.3, 0.4) is 0 Å². The van der Waals surface area contributed by atoms with Crippen molar-refractivity contribution in [3.05, 3.63) is 0 Å². The lowest BCUT2D eigenvalue weighted by Crippen LogP contribution is -2.44. The summed E-state index contributed by atoms with van der Waals surface area (Å²) in [5, 5.41) is 3.70. The minimum atomic E-state index is 0.353. The van der Waals surface area contributed by atoms with E-state index in [1.54, 1.807) is 0 Å². The average Bonchev–Trinajstić information content (AvgIpc) is 2.20. The first-order valence-corrected chi connectivity index (χ1v) is 7.30. The van der Waals surface area contributed by atoms with Gasteiger partial charge in [-0.15, -0.1) is 0 Å². The van der Waals surface area contributed by atoms with Crippen molar-refractivity contribution in [3.8, 4) is 0 Å². The molecule has 1 atom stereocenters. The van der Waals surface area contributed by atoms with E-state index in [1.807, 2.05) is 0 Å². The van der Waals surface area contributed by atoms with Gasteiger partial charge in [0.05, 0.1) is 0 Å². The van der Waals surface area contributed by atoms with E-state index in [-0.39, 0.29) is 0 Å². The highest BCUT2D eigenvalue weighted by atomic mass is 15.1. The highest BCUT2D eigenvalue weighted by molar-refractivity contribution is 4.81. The summed E-state index contributed by atoms with van der Waals surface area (Å²) in [5.74, 6) is 0. The van der Waals surface area contributed by atoms with Crippen molar-refractivity contribution < 1.29 is 0 Å². The fourth-order valence-corrected chi connectivity index (χ4v) is 2.24. The van der Waals surface area contributed by atoms with Gasteiger partial charge in [0.15, 0.2) is 0 Å². The van der Waals surface area contributed by atoms with Crippen molar-refractivity contribution >= 4 is 0 Å². The summed E-state index contributed by atoms with van der Waals surface area (Å²) >= 11 is 0. The molecule has 1 N–H and O–H groups in total. The largest absolute Gasteiger partial charge is 0.313 e. The van der Waals surface area contributed by atoms with E-state index in [0.717, 1.165) is 13.1 Å². The quantitative estimate of drug-likeness (QED) is 0.700. The highest BCUT2D eigenvalue weighted by Crippen LogP contribution is 2.22. The summed E-state index contributed by atoms with van der Waals surface area (Å²) in [5.41, 5.74) is 0.353. The highest BCUT2D eigenvalue weighted by Gasteiger charge is 2.24. The second-order valence-corrected chi connectivity index (χ2v) is 6.38. The molecule has 2 heteroatoms. The van der Waals surface area contributed by atoms with Crippen LogP contribution in [0.2, 0.25) is 0 Å². The van der Waals surface area contributed by atoms with E-state index >= 15 is 0 Å². The molecular formula is C15H34N2. The second-order valence-electron chi connectivity index (χ2n) is 6.38. The minimum Gasteiger partial charge on any atom is -0.313 e. The van der Waals surface area contributed by atoms with Gasteiger partial charge in [0, 0.05) is 12.1 Å². The molecule has 1 unspecified atom stereocenters. The third-order valence-corrected chi connectivity index (χ3v) is 3.53. The first-order valence-electron chi connectivity index (χ1n) is 7.30. The van der Waals surface area contributed by atoms with Crippen LogP contribution in [-0.2, 0) is 0 Å². The van der Waals surface area contributed by atoms with Crippen molar-refractivity contribution in [1.82, 2.24) is 10.2 Å². The summed E-state index contributed by atoms with van der Waals surface area (Å²) in [6.07, 6.45) is 2.46. The fourth-order valence-electron chi connectivity index (χ4n) is 2.24. The molecule has 0 aliphatic carbocycles. The van der Waals surface area contributed by atoms with Crippen molar-refractivity contribution in [2.24, 2.45) is 5.41 Å². The Morgan fingerprint density at radius 3 is 2.06 bits per heavy atom. The molecule has 0 spiro atoms. The van der Waals surface area contributed by atoms with Crippen LogP contribution >= 0.6 is 0 Å². The molecule has 0 fully saturated rings. The summed E-state index contributed by atoms with van der Waals surface area (Å²) in [7, 11) is 0. The van der Waals surface area contributed by atoms with Crippen LogP contribution in [-0.4, -0.2) is 36.6 Å². The van der Waals surface area contributed by atoms with Gasteiger partial charge in [-0.05, 0) is 51.7 Å². The Morgan fingerprint density at radius 1 is 1.12 bits per heavy atom. The minimum absolute atomic E-state index is 0.353. The van der Waals surface area contributed by atoms with Gasteiger partial charge in [0.2, 0.25) is 0 Å². The molecule has 0 aliphatic rings. The molecule has 0 rings (SSSR count). The number of hydrogen-bond acceptors (Lipinski definition) is 2. The number of nitrogens with zero attached hydrogens (tertiary/aromatic N) is 1. The Kier molecular flexibility index (Phi) is 8.06. The predicted molar refractivity (Wildman–Crippen MR) is 78.5 cm³/mol. The molecule has 0 amide bonds. The van der Waals surface area contributed by atoms with E-state index in [9.17, 15) is 0 Å². The first kappa shape index (κ1) is 16.9. The Hall–Kier alpha value is -0.0800. The van der Waals surface area contributed by atoms with Crippen LogP contribution in [0.25, 0.3) is 0 Å². The zero-order valence-corrected chi connectivity index (χ0v) is 13.1. The molecule has 0 bridgehead atoms. The van der Waals surface area contributed by atoms with Gasteiger partial charge in [-0.25, -0.2) is 0 Å². The molecule has 17 heavy (non-hydrogen) atoms. The van der Waals surface area contributed by atoms with Gasteiger partial charge in [-0.3, -0.25) is 0 Å². The van der Waals surface area contributed by atoms with Crippen molar-refractivity contribution in [2.75, 3.05) is 19.6 Å². The monoisotopic (exact) mass is 242 g/mol. The molecule has 104 valence electrons. The van der Waals surface area contributed by atoms with Gasteiger partial charge in [-0.1, -0.05) is 34.6 Å². The zero-order valence-electron chi connectivity index (χ0n) is 13.1. The van der Waals surface area contributed by atoms with Crippen molar-refractivity contribution in [1.29, 1.82) is 0 Å². The molecule has 0 aromatic carbocycles. The molecule has 0 aromatic heterocycles. The van der Waals surface area contributed by atoms with E-state index in [2.05, 4.69) is 58.7 Å². The summed E-state index contributed by atoms with van der Waals surface area (Å²) < 4.78 is 0. The summed E-state index contributed by atoms with van der Waals surface area (Å²) in [4.78, 5) is 2.55. The Labute approximate surface area is 109 Å². The average molecular weight is 242 g/mol. The maximum atomic E-state index is 3.70. The van der Waals surface area contributed by atoms with Gasteiger partial charge < -0.3 is 10.2 Å². The molecule has 2 nitrogen and oxygen atoms in total. The lowest BCUT2D eigenvalue weighted by molar-refractivity contribution is 0.184. The van der Waals surface area contributed by atoms with Crippen LogP contribution in [0, 0.1) is 5.41 Å². The van der Waals surface area contributed by atoms with Gasteiger partial charge in [0.25, 0.3) is 0 Å². The van der Waals surface area contributed by atoms with Gasteiger partial charge in [0.1, 0.15) is 0 Å². The topological polar surface area (TPSA) is 15.3 Å². The molecule has 0 aliphatic heterocycles. The third kappa shape index (κ3) is 7.05. The molecule has 0 aromatic rings. The first-order chi connectivity index (χ1) is 7.82. The lowest BCUT2D eigenvalue weighted by atomic mass is 9.84. The van der Waals surface area contributed by atoms with E-state index < -0.39 is 0 Å². The summed E-state index contributed by atoms with van der Waals surface area (Å²) in [6.45, 7) is 19.6. The number of nitrogens with one attached hydrogen (secondary N) is 1. The molecular weight excluding hydrogens is 208 g/mol. The van der Waals surface area contributed by atoms with E-state index in [4.69, 9.17) is 0 Å². The van der Waals surface area contributed by atoms with Gasteiger partial charge >= 0.3 is 0 Å². The number of hydrogen-bond donors (Lipinski definition) is 1. The van der Waals surface area contributed by atoms with Crippen LogP contribution < -0.4 is 5.32 Å². The number of rotatable bonds is 8.